The summed E-state index contributed by atoms with van der Waals surface area (Å²) in [4.78, 5) is 22.4. The van der Waals surface area contributed by atoms with E-state index in [9.17, 15) is 14.9 Å². The summed E-state index contributed by atoms with van der Waals surface area (Å²) in [6.45, 7) is 2.03. The standard InChI is InChI=1S/C14H19N3O3/c1-2-11(7-9-3-4-9)16-14(18)10-5-6-12(15)13(8-10)17(19)20/h5-6,8-9,11H,2-4,7,15H2,1H3,(H,16,18). The number of hydrogen-bond donors (Lipinski definition) is 2. The monoisotopic (exact) mass is 277 g/mol. The van der Waals surface area contributed by atoms with Gasteiger partial charge >= 0.3 is 0 Å². The summed E-state index contributed by atoms with van der Waals surface area (Å²) in [6.07, 6.45) is 4.32. The molecule has 1 fully saturated rings. The number of amides is 1. The maximum absolute atomic E-state index is 12.1. The molecule has 3 N–H and O–H groups in total. The van der Waals surface area contributed by atoms with Gasteiger partial charge in [-0.1, -0.05) is 19.8 Å². The third-order valence-corrected chi connectivity index (χ3v) is 3.63. The molecule has 1 aliphatic rings. The number of carbonyl (C=O) groups is 1. The van der Waals surface area contributed by atoms with E-state index in [0.29, 0.717) is 0 Å². The topological polar surface area (TPSA) is 98.3 Å². The Morgan fingerprint density at radius 2 is 2.25 bits per heavy atom. The number of carbonyl (C=O) groups excluding carboxylic acids is 1. The molecule has 0 radical (unpaired) electrons. The van der Waals surface area contributed by atoms with Crippen LogP contribution in [0.1, 0.15) is 43.0 Å². The largest absolute Gasteiger partial charge is 0.393 e. The van der Waals surface area contributed by atoms with Gasteiger partial charge in [-0.25, -0.2) is 0 Å². The van der Waals surface area contributed by atoms with Gasteiger partial charge in [0.15, 0.2) is 0 Å². The number of nitro benzene ring substituents is 1. The van der Waals surface area contributed by atoms with Crippen LogP contribution in [-0.4, -0.2) is 16.9 Å². The average Bonchev–Trinajstić information content (AvgIpc) is 3.21. The van der Waals surface area contributed by atoms with Crippen LogP contribution >= 0.6 is 0 Å². The number of nitrogens with zero attached hydrogens (tertiary/aromatic N) is 1. The molecule has 6 heteroatoms. The minimum atomic E-state index is -0.576. The Hall–Kier alpha value is -2.11. The van der Waals surface area contributed by atoms with Crippen molar-refractivity contribution in [1.82, 2.24) is 5.32 Å². The number of nitrogens with two attached hydrogens (primary N) is 1. The van der Waals surface area contributed by atoms with Gasteiger partial charge in [-0.2, -0.15) is 0 Å². The van der Waals surface area contributed by atoms with E-state index < -0.39 is 4.92 Å². The van der Waals surface area contributed by atoms with Gasteiger partial charge in [0.2, 0.25) is 0 Å². The fourth-order valence-corrected chi connectivity index (χ4v) is 2.20. The molecule has 20 heavy (non-hydrogen) atoms. The van der Waals surface area contributed by atoms with Crippen molar-refractivity contribution >= 4 is 17.3 Å². The Morgan fingerprint density at radius 1 is 1.55 bits per heavy atom. The minimum Gasteiger partial charge on any atom is -0.393 e. The lowest BCUT2D eigenvalue weighted by atomic mass is 10.1. The number of nitrogens with one attached hydrogen (secondary N) is 1. The van der Waals surface area contributed by atoms with Crippen molar-refractivity contribution < 1.29 is 9.72 Å². The predicted molar refractivity (Wildman–Crippen MR) is 76.4 cm³/mol. The highest BCUT2D eigenvalue weighted by atomic mass is 16.6. The second-order valence-electron chi connectivity index (χ2n) is 5.29. The van der Waals surface area contributed by atoms with Crippen molar-refractivity contribution in [1.29, 1.82) is 0 Å². The molecule has 0 aliphatic heterocycles. The van der Waals surface area contributed by atoms with Crippen LogP contribution in [0.15, 0.2) is 18.2 Å². The van der Waals surface area contributed by atoms with E-state index in [1.165, 1.54) is 31.0 Å². The van der Waals surface area contributed by atoms with Crippen LogP contribution in [0.3, 0.4) is 0 Å². The minimum absolute atomic E-state index is 0.0663. The van der Waals surface area contributed by atoms with Crippen LogP contribution in [-0.2, 0) is 0 Å². The van der Waals surface area contributed by atoms with Gasteiger partial charge in [0, 0.05) is 17.7 Å². The molecule has 0 aromatic heterocycles. The molecule has 1 atom stereocenters. The molecular formula is C14H19N3O3. The molecule has 1 aromatic carbocycles. The Bertz CT molecular complexity index is 526. The molecule has 1 aliphatic carbocycles. The van der Waals surface area contributed by atoms with Gasteiger partial charge in [0.25, 0.3) is 11.6 Å². The number of nitrogen functional groups attached to an aromatic ring is 1. The summed E-state index contributed by atoms with van der Waals surface area (Å²) in [5.74, 6) is 0.446. The molecular weight excluding hydrogens is 258 g/mol. The molecule has 108 valence electrons. The van der Waals surface area contributed by atoms with Gasteiger partial charge in [-0.05, 0) is 30.9 Å². The van der Waals surface area contributed by atoms with Crippen molar-refractivity contribution in [3.8, 4) is 0 Å². The molecule has 0 heterocycles. The summed E-state index contributed by atoms with van der Waals surface area (Å²) in [6, 6.07) is 4.27. The smallest absolute Gasteiger partial charge is 0.292 e. The average molecular weight is 277 g/mol. The highest BCUT2D eigenvalue weighted by Gasteiger charge is 2.26. The Balaban J connectivity index is 2.07. The summed E-state index contributed by atoms with van der Waals surface area (Å²) in [5.41, 5.74) is 5.63. The highest BCUT2D eigenvalue weighted by molar-refractivity contribution is 5.95. The number of anilines is 1. The van der Waals surface area contributed by atoms with Gasteiger partial charge in [0.1, 0.15) is 5.69 Å². The number of nitro groups is 1. The number of rotatable bonds is 6. The third kappa shape index (κ3) is 3.46. The summed E-state index contributed by atoms with van der Waals surface area (Å²) in [7, 11) is 0. The van der Waals surface area contributed by atoms with Gasteiger partial charge in [-0.15, -0.1) is 0 Å². The maximum atomic E-state index is 12.1. The van der Waals surface area contributed by atoms with E-state index in [1.807, 2.05) is 6.92 Å². The van der Waals surface area contributed by atoms with Crippen molar-refractivity contribution in [3.05, 3.63) is 33.9 Å². The molecule has 0 saturated heterocycles. The fraction of sp³-hybridized carbons (Fsp3) is 0.500. The van der Waals surface area contributed by atoms with Gasteiger partial charge in [-0.3, -0.25) is 14.9 Å². The summed E-state index contributed by atoms with van der Waals surface area (Å²) >= 11 is 0. The van der Waals surface area contributed by atoms with Crippen LogP contribution in [0, 0.1) is 16.0 Å². The Kier molecular flexibility index (Phi) is 4.22. The van der Waals surface area contributed by atoms with E-state index in [-0.39, 0.29) is 28.9 Å². The van der Waals surface area contributed by atoms with Crippen LogP contribution in [0.5, 0.6) is 0 Å². The van der Waals surface area contributed by atoms with Crippen LogP contribution in [0.25, 0.3) is 0 Å². The van der Waals surface area contributed by atoms with Crippen LogP contribution in [0.4, 0.5) is 11.4 Å². The van der Waals surface area contributed by atoms with Crippen LogP contribution < -0.4 is 11.1 Å². The van der Waals surface area contributed by atoms with Gasteiger partial charge < -0.3 is 11.1 Å². The lowest BCUT2D eigenvalue weighted by molar-refractivity contribution is -0.383. The normalized spacial score (nSPS) is 15.7. The quantitative estimate of drug-likeness (QED) is 0.474. The second-order valence-corrected chi connectivity index (χ2v) is 5.29. The summed E-state index contributed by atoms with van der Waals surface area (Å²) in [5, 5.41) is 13.8. The van der Waals surface area contributed by atoms with E-state index in [0.717, 1.165) is 18.8 Å². The molecule has 0 spiro atoms. The molecule has 1 amide bonds. The lowest BCUT2D eigenvalue weighted by Gasteiger charge is -2.16. The first kappa shape index (κ1) is 14.3. The van der Waals surface area contributed by atoms with E-state index in [2.05, 4.69) is 5.32 Å². The van der Waals surface area contributed by atoms with Crippen LogP contribution in [0.2, 0.25) is 0 Å². The number of hydrogen-bond acceptors (Lipinski definition) is 4. The second kappa shape index (κ2) is 5.90. The van der Waals surface area contributed by atoms with E-state index in [4.69, 9.17) is 5.73 Å². The zero-order valence-electron chi connectivity index (χ0n) is 11.5. The summed E-state index contributed by atoms with van der Waals surface area (Å²) < 4.78 is 0. The first-order chi connectivity index (χ1) is 9.51. The van der Waals surface area contributed by atoms with Gasteiger partial charge in [0.05, 0.1) is 4.92 Å². The zero-order chi connectivity index (χ0) is 14.7. The number of benzene rings is 1. The van der Waals surface area contributed by atoms with Crippen molar-refractivity contribution in [2.24, 2.45) is 5.92 Å². The Labute approximate surface area is 117 Å². The third-order valence-electron chi connectivity index (χ3n) is 3.63. The highest BCUT2D eigenvalue weighted by Crippen LogP contribution is 2.34. The van der Waals surface area contributed by atoms with Crippen molar-refractivity contribution in [2.45, 2.75) is 38.6 Å². The fourth-order valence-electron chi connectivity index (χ4n) is 2.20. The molecule has 1 unspecified atom stereocenters. The predicted octanol–water partition coefficient (Wildman–Crippen LogP) is 2.49. The zero-order valence-corrected chi connectivity index (χ0v) is 11.5. The molecule has 1 aromatic rings. The SMILES string of the molecule is CCC(CC1CC1)NC(=O)c1ccc(N)c([N+](=O)[O-])c1. The van der Waals surface area contributed by atoms with E-state index in [1.54, 1.807) is 0 Å². The van der Waals surface area contributed by atoms with Crippen molar-refractivity contribution in [2.75, 3.05) is 5.73 Å². The first-order valence-electron chi connectivity index (χ1n) is 6.86. The van der Waals surface area contributed by atoms with Crippen molar-refractivity contribution in [3.63, 3.8) is 0 Å². The molecule has 1 saturated carbocycles. The molecule has 6 nitrogen and oxygen atoms in total. The lowest BCUT2D eigenvalue weighted by Crippen LogP contribution is -2.34. The first-order valence-corrected chi connectivity index (χ1v) is 6.86. The van der Waals surface area contributed by atoms with E-state index >= 15 is 0 Å². The maximum Gasteiger partial charge on any atom is 0.292 e. The Morgan fingerprint density at radius 3 is 2.80 bits per heavy atom. The molecule has 0 bridgehead atoms. The molecule has 2 rings (SSSR count).